The highest BCUT2D eigenvalue weighted by Gasteiger charge is 2.05. The molecule has 0 aliphatic carbocycles. The van der Waals surface area contributed by atoms with Crippen LogP contribution in [0, 0.1) is 0 Å². The molecule has 0 radical (unpaired) electrons. The first-order valence-electron chi connectivity index (χ1n) is 5.25. The Balaban J connectivity index is 2.73. The van der Waals surface area contributed by atoms with Crippen LogP contribution < -0.4 is 10.1 Å². The van der Waals surface area contributed by atoms with Gasteiger partial charge in [0.05, 0.1) is 6.61 Å². The molecular weight excluding hydrogens is 256 g/mol. The fourth-order valence-electron chi connectivity index (χ4n) is 1.18. The minimum atomic E-state index is 0.716. The summed E-state index contributed by atoms with van der Waals surface area (Å²) in [5.74, 6) is 0.737. The van der Waals surface area contributed by atoms with Gasteiger partial charge < -0.3 is 10.1 Å². The van der Waals surface area contributed by atoms with Crippen LogP contribution in [0.25, 0.3) is 0 Å². The first-order chi connectivity index (χ1) is 7.27. The summed E-state index contributed by atoms with van der Waals surface area (Å²) in [7, 11) is 0. The number of hydrogen-bond donors (Lipinski definition) is 1. The standard InChI is InChI=1S/C11H17BrN2O/c1-3-5-15-11-9(7-13-4-2)6-10(12)8-14-11/h6,8,13H,3-5,7H2,1-2H3. The normalized spacial score (nSPS) is 10.3. The molecule has 0 saturated heterocycles. The van der Waals surface area contributed by atoms with Crippen molar-refractivity contribution in [2.75, 3.05) is 13.2 Å². The molecule has 0 atom stereocenters. The number of aromatic nitrogens is 1. The highest BCUT2D eigenvalue weighted by atomic mass is 79.9. The molecule has 1 aromatic heterocycles. The van der Waals surface area contributed by atoms with Crippen LogP contribution in [0.15, 0.2) is 16.7 Å². The van der Waals surface area contributed by atoms with Gasteiger partial charge in [0, 0.05) is 22.8 Å². The minimum Gasteiger partial charge on any atom is -0.477 e. The third-order valence-electron chi connectivity index (χ3n) is 1.90. The Hall–Kier alpha value is -0.610. The first-order valence-corrected chi connectivity index (χ1v) is 6.05. The lowest BCUT2D eigenvalue weighted by Gasteiger charge is -2.10. The van der Waals surface area contributed by atoms with Gasteiger partial charge in [-0.15, -0.1) is 0 Å². The summed E-state index contributed by atoms with van der Waals surface area (Å²) in [5, 5.41) is 3.27. The van der Waals surface area contributed by atoms with Crippen LogP contribution in [0.2, 0.25) is 0 Å². The number of pyridine rings is 1. The van der Waals surface area contributed by atoms with Crippen molar-refractivity contribution in [1.29, 1.82) is 0 Å². The molecule has 4 heteroatoms. The SMILES string of the molecule is CCCOc1ncc(Br)cc1CNCC. The molecule has 1 heterocycles. The molecule has 1 aromatic rings. The van der Waals surface area contributed by atoms with Crippen molar-refractivity contribution in [2.24, 2.45) is 0 Å². The monoisotopic (exact) mass is 272 g/mol. The van der Waals surface area contributed by atoms with Gasteiger partial charge in [0.1, 0.15) is 0 Å². The second kappa shape index (κ2) is 6.80. The van der Waals surface area contributed by atoms with E-state index in [0.717, 1.165) is 35.4 Å². The largest absolute Gasteiger partial charge is 0.477 e. The van der Waals surface area contributed by atoms with E-state index in [0.29, 0.717) is 6.61 Å². The Labute approximate surface area is 99.4 Å². The minimum absolute atomic E-state index is 0.716. The van der Waals surface area contributed by atoms with Gasteiger partial charge in [-0.25, -0.2) is 4.98 Å². The maximum absolute atomic E-state index is 5.57. The van der Waals surface area contributed by atoms with Crippen molar-refractivity contribution >= 4 is 15.9 Å². The van der Waals surface area contributed by atoms with E-state index in [1.165, 1.54) is 0 Å². The molecule has 0 spiro atoms. The van der Waals surface area contributed by atoms with E-state index < -0.39 is 0 Å². The van der Waals surface area contributed by atoms with Crippen LogP contribution in [-0.4, -0.2) is 18.1 Å². The van der Waals surface area contributed by atoms with Crippen LogP contribution in [0.3, 0.4) is 0 Å². The number of nitrogens with one attached hydrogen (secondary N) is 1. The zero-order valence-corrected chi connectivity index (χ0v) is 10.8. The highest BCUT2D eigenvalue weighted by Crippen LogP contribution is 2.19. The molecule has 1 rings (SSSR count). The predicted molar refractivity (Wildman–Crippen MR) is 65.1 cm³/mol. The molecule has 15 heavy (non-hydrogen) atoms. The van der Waals surface area contributed by atoms with Gasteiger partial charge >= 0.3 is 0 Å². The van der Waals surface area contributed by atoms with Gasteiger partial charge in [-0.05, 0) is 35.0 Å². The third kappa shape index (κ3) is 4.18. The van der Waals surface area contributed by atoms with Crippen molar-refractivity contribution in [3.8, 4) is 5.88 Å². The predicted octanol–water partition coefficient (Wildman–Crippen LogP) is 2.74. The second-order valence-corrected chi connectivity index (χ2v) is 4.16. The first kappa shape index (κ1) is 12.5. The Morgan fingerprint density at radius 2 is 2.27 bits per heavy atom. The number of hydrogen-bond acceptors (Lipinski definition) is 3. The van der Waals surface area contributed by atoms with E-state index in [1.807, 2.05) is 6.07 Å². The summed E-state index contributed by atoms with van der Waals surface area (Å²) < 4.78 is 6.55. The molecule has 0 aliphatic rings. The average Bonchev–Trinajstić information content (AvgIpc) is 2.25. The van der Waals surface area contributed by atoms with Crippen LogP contribution in [-0.2, 0) is 6.54 Å². The molecule has 0 saturated carbocycles. The average molecular weight is 273 g/mol. The Morgan fingerprint density at radius 1 is 1.47 bits per heavy atom. The van der Waals surface area contributed by atoms with Crippen LogP contribution in [0.1, 0.15) is 25.8 Å². The van der Waals surface area contributed by atoms with Gasteiger partial charge in [0.25, 0.3) is 0 Å². The topological polar surface area (TPSA) is 34.1 Å². The lowest BCUT2D eigenvalue weighted by Crippen LogP contribution is -2.13. The van der Waals surface area contributed by atoms with E-state index in [-0.39, 0.29) is 0 Å². The van der Waals surface area contributed by atoms with Crippen molar-refractivity contribution in [2.45, 2.75) is 26.8 Å². The smallest absolute Gasteiger partial charge is 0.217 e. The maximum atomic E-state index is 5.57. The number of ether oxygens (including phenoxy) is 1. The Morgan fingerprint density at radius 3 is 2.93 bits per heavy atom. The van der Waals surface area contributed by atoms with Crippen molar-refractivity contribution in [3.63, 3.8) is 0 Å². The summed E-state index contributed by atoms with van der Waals surface area (Å²) in [6.45, 7) is 6.62. The molecule has 0 aromatic carbocycles. The molecule has 0 amide bonds. The summed E-state index contributed by atoms with van der Waals surface area (Å²) >= 11 is 3.41. The maximum Gasteiger partial charge on any atom is 0.217 e. The van der Waals surface area contributed by atoms with Crippen LogP contribution in [0.5, 0.6) is 5.88 Å². The van der Waals surface area contributed by atoms with E-state index in [4.69, 9.17) is 4.74 Å². The number of halogens is 1. The van der Waals surface area contributed by atoms with Gasteiger partial charge in [-0.3, -0.25) is 0 Å². The third-order valence-corrected chi connectivity index (χ3v) is 2.33. The molecular formula is C11H17BrN2O. The fraction of sp³-hybridized carbons (Fsp3) is 0.545. The molecule has 84 valence electrons. The molecule has 0 fully saturated rings. The van der Waals surface area contributed by atoms with E-state index in [2.05, 4.69) is 40.1 Å². The molecule has 0 unspecified atom stereocenters. The van der Waals surface area contributed by atoms with E-state index >= 15 is 0 Å². The number of nitrogens with zero attached hydrogens (tertiary/aromatic N) is 1. The van der Waals surface area contributed by atoms with Gasteiger partial charge in [-0.1, -0.05) is 13.8 Å². The lowest BCUT2D eigenvalue weighted by molar-refractivity contribution is 0.301. The molecule has 0 bridgehead atoms. The van der Waals surface area contributed by atoms with Crippen LogP contribution >= 0.6 is 15.9 Å². The van der Waals surface area contributed by atoms with Crippen LogP contribution in [0.4, 0.5) is 0 Å². The molecule has 1 N–H and O–H groups in total. The molecule has 3 nitrogen and oxygen atoms in total. The van der Waals surface area contributed by atoms with Gasteiger partial charge in [0.15, 0.2) is 0 Å². The Bertz CT molecular complexity index is 305. The fourth-order valence-corrected chi connectivity index (χ4v) is 1.56. The van der Waals surface area contributed by atoms with Gasteiger partial charge in [-0.2, -0.15) is 0 Å². The summed E-state index contributed by atoms with van der Waals surface area (Å²) in [4.78, 5) is 4.26. The van der Waals surface area contributed by atoms with E-state index in [1.54, 1.807) is 6.20 Å². The van der Waals surface area contributed by atoms with E-state index in [9.17, 15) is 0 Å². The van der Waals surface area contributed by atoms with Crippen molar-refractivity contribution in [1.82, 2.24) is 10.3 Å². The van der Waals surface area contributed by atoms with Gasteiger partial charge in [0.2, 0.25) is 5.88 Å². The Kier molecular flexibility index (Phi) is 5.65. The molecule has 0 aliphatic heterocycles. The summed E-state index contributed by atoms with van der Waals surface area (Å²) in [6.07, 6.45) is 2.76. The quantitative estimate of drug-likeness (QED) is 0.865. The lowest BCUT2D eigenvalue weighted by atomic mass is 10.2. The number of rotatable bonds is 6. The zero-order chi connectivity index (χ0) is 11.1. The summed E-state index contributed by atoms with van der Waals surface area (Å²) in [6, 6.07) is 2.04. The highest BCUT2D eigenvalue weighted by molar-refractivity contribution is 9.10. The second-order valence-electron chi connectivity index (χ2n) is 3.25. The zero-order valence-electron chi connectivity index (χ0n) is 9.22. The van der Waals surface area contributed by atoms with Crippen molar-refractivity contribution in [3.05, 3.63) is 22.3 Å². The summed E-state index contributed by atoms with van der Waals surface area (Å²) in [5.41, 5.74) is 1.10. The van der Waals surface area contributed by atoms with Crippen molar-refractivity contribution < 1.29 is 4.74 Å².